The van der Waals surface area contributed by atoms with Gasteiger partial charge in [-0.15, -0.1) is 0 Å². The van der Waals surface area contributed by atoms with Gasteiger partial charge in [0.05, 0.1) is 14.2 Å². The third-order valence-corrected chi connectivity index (χ3v) is 4.22. The lowest BCUT2D eigenvalue weighted by Gasteiger charge is -2.24. The third-order valence-electron chi connectivity index (χ3n) is 4.22. The Bertz CT molecular complexity index is 932. The number of hydrogen-bond donors (Lipinski definition) is 1. The van der Waals surface area contributed by atoms with Crippen LogP contribution in [0, 0.1) is 0 Å². The molecule has 1 N–H and O–H groups in total. The zero-order valence-electron chi connectivity index (χ0n) is 14.0. The maximum Gasteiger partial charge on any atom is 0.226 e. The van der Waals surface area contributed by atoms with Gasteiger partial charge in [0.2, 0.25) is 5.95 Å². The van der Waals surface area contributed by atoms with Crippen LogP contribution in [0.25, 0.3) is 5.70 Å². The van der Waals surface area contributed by atoms with E-state index in [-0.39, 0.29) is 6.04 Å². The Kier molecular flexibility index (Phi) is 3.85. The fourth-order valence-electron chi connectivity index (χ4n) is 2.96. The molecule has 1 aliphatic rings. The Morgan fingerprint density at radius 1 is 1.00 bits per heavy atom. The molecule has 4 rings (SSSR count). The van der Waals surface area contributed by atoms with Crippen LogP contribution in [0.5, 0.6) is 11.5 Å². The molecule has 2 aromatic carbocycles. The smallest absolute Gasteiger partial charge is 0.226 e. The van der Waals surface area contributed by atoms with E-state index in [4.69, 9.17) is 9.47 Å². The number of allylic oxidation sites excluding steroid dienone is 1. The summed E-state index contributed by atoms with van der Waals surface area (Å²) in [7, 11) is 3.33. The van der Waals surface area contributed by atoms with Gasteiger partial charge in [0, 0.05) is 11.3 Å². The first-order valence-corrected chi connectivity index (χ1v) is 7.95. The summed E-state index contributed by atoms with van der Waals surface area (Å²) in [5.74, 6) is 2.33. The van der Waals surface area contributed by atoms with Gasteiger partial charge in [-0.05, 0) is 35.9 Å². The fraction of sp³-hybridized carbons (Fsp3) is 0.158. The number of aromatic nitrogens is 3. The maximum atomic E-state index is 5.36. The molecule has 0 unspecified atom stereocenters. The first-order valence-electron chi connectivity index (χ1n) is 7.95. The summed E-state index contributed by atoms with van der Waals surface area (Å²) < 4.78 is 12.6. The number of methoxy groups -OCH3 is 2. The lowest BCUT2D eigenvalue weighted by atomic mass is 10.0. The summed E-state index contributed by atoms with van der Waals surface area (Å²) in [4.78, 5) is 4.33. The summed E-state index contributed by atoms with van der Waals surface area (Å²) in [6.07, 6.45) is 3.68. The quantitative estimate of drug-likeness (QED) is 0.793. The van der Waals surface area contributed by atoms with Crippen molar-refractivity contribution in [1.82, 2.24) is 14.8 Å². The maximum absolute atomic E-state index is 5.36. The molecule has 0 spiro atoms. The number of ether oxygens (including phenoxy) is 2. The molecule has 6 heteroatoms. The largest absolute Gasteiger partial charge is 0.497 e. The van der Waals surface area contributed by atoms with Crippen LogP contribution < -0.4 is 14.8 Å². The number of hydrogen-bond acceptors (Lipinski definition) is 5. The van der Waals surface area contributed by atoms with E-state index in [1.54, 1.807) is 20.5 Å². The van der Waals surface area contributed by atoms with Crippen molar-refractivity contribution in [3.8, 4) is 11.5 Å². The number of rotatable bonds is 4. The second-order valence-electron chi connectivity index (χ2n) is 5.69. The minimum Gasteiger partial charge on any atom is -0.497 e. The second-order valence-corrected chi connectivity index (χ2v) is 5.69. The van der Waals surface area contributed by atoms with Gasteiger partial charge in [0.25, 0.3) is 0 Å². The average Bonchev–Trinajstić information content (AvgIpc) is 3.16. The average molecular weight is 334 g/mol. The van der Waals surface area contributed by atoms with Crippen LogP contribution in [-0.4, -0.2) is 29.0 Å². The Labute approximate surface area is 145 Å². The van der Waals surface area contributed by atoms with Crippen LogP contribution in [0.2, 0.25) is 0 Å². The third kappa shape index (κ3) is 2.82. The van der Waals surface area contributed by atoms with E-state index in [0.29, 0.717) is 5.95 Å². The van der Waals surface area contributed by atoms with E-state index in [2.05, 4.69) is 27.5 Å². The minimum atomic E-state index is -0.0740. The van der Waals surface area contributed by atoms with Gasteiger partial charge in [-0.25, -0.2) is 4.68 Å². The molecule has 126 valence electrons. The van der Waals surface area contributed by atoms with Crippen molar-refractivity contribution in [2.45, 2.75) is 6.04 Å². The molecular weight excluding hydrogens is 316 g/mol. The number of nitrogens with zero attached hydrogens (tertiary/aromatic N) is 3. The molecule has 0 amide bonds. The highest BCUT2D eigenvalue weighted by atomic mass is 16.5. The summed E-state index contributed by atoms with van der Waals surface area (Å²) in [6.45, 7) is 0. The second kappa shape index (κ2) is 6.32. The van der Waals surface area contributed by atoms with Crippen LogP contribution in [0.15, 0.2) is 60.9 Å². The topological polar surface area (TPSA) is 61.2 Å². The molecule has 6 nitrogen and oxygen atoms in total. The highest BCUT2D eigenvalue weighted by Gasteiger charge is 2.23. The fourth-order valence-corrected chi connectivity index (χ4v) is 2.96. The number of benzene rings is 2. The molecule has 0 bridgehead atoms. The molecule has 25 heavy (non-hydrogen) atoms. The van der Waals surface area contributed by atoms with Crippen molar-refractivity contribution in [2.24, 2.45) is 0 Å². The van der Waals surface area contributed by atoms with Crippen LogP contribution in [0.1, 0.15) is 17.2 Å². The minimum absolute atomic E-state index is 0.0740. The SMILES string of the molecule is COc1cccc(C2=C[C@H](c3cccc(OC)c3)n3ncnc3N2)c1. The zero-order chi connectivity index (χ0) is 17.2. The van der Waals surface area contributed by atoms with Crippen LogP contribution in [0.3, 0.4) is 0 Å². The van der Waals surface area contributed by atoms with Crippen molar-refractivity contribution in [1.29, 1.82) is 0 Å². The van der Waals surface area contributed by atoms with Gasteiger partial charge in [0.1, 0.15) is 23.9 Å². The van der Waals surface area contributed by atoms with Gasteiger partial charge in [0.15, 0.2) is 0 Å². The van der Waals surface area contributed by atoms with Crippen LogP contribution >= 0.6 is 0 Å². The predicted octanol–water partition coefficient (Wildman–Crippen LogP) is 3.35. The predicted molar refractivity (Wildman–Crippen MR) is 95.7 cm³/mol. The normalized spacial score (nSPS) is 15.8. The van der Waals surface area contributed by atoms with E-state index in [1.807, 2.05) is 47.1 Å². The van der Waals surface area contributed by atoms with Gasteiger partial charge < -0.3 is 14.8 Å². The van der Waals surface area contributed by atoms with Gasteiger partial charge in [-0.1, -0.05) is 24.3 Å². The van der Waals surface area contributed by atoms with Crippen LogP contribution in [0.4, 0.5) is 5.95 Å². The van der Waals surface area contributed by atoms with Gasteiger partial charge >= 0.3 is 0 Å². The van der Waals surface area contributed by atoms with E-state index in [9.17, 15) is 0 Å². The molecule has 1 atom stereocenters. The molecule has 0 saturated heterocycles. The molecule has 1 aromatic heterocycles. The molecule has 1 aliphatic heterocycles. The molecule has 0 fully saturated rings. The summed E-state index contributed by atoms with van der Waals surface area (Å²) >= 11 is 0. The van der Waals surface area contributed by atoms with E-state index < -0.39 is 0 Å². The van der Waals surface area contributed by atoms with Gasteiger partial charge in [-0.3, -0.25) is 0 Å². The lowest BCUT2D eigenvalue weighted by molar-refractivity contribution is 0.413. The summed E-state index contributed by atoms with van der Waals surface area (Å²) in [5, 5.41) is 7.70. The summed E-state index contributed by atoms with van der Waals surface area (Å²) in [5.41, 5.74) is 3.07. The Balaban J connectivity index is 1.80. The van der Waals surface area contributed by atoms with Crippen molar-refractivity contribution in [2.75, 3.05) is 19.5 Å². The first kappa shape index (κ1) is 15.3. The van der Waals surface area contributed by atoms with E-state index in [0.717, 1.165) is 28.3 Å². The van der Waals surface area contributed by atoms with Crippen molar-refractivity contribution in [3.05, 3.63) is 72.1 Å². The van der Waals surface area contributed by atoms with Crippen molar-refractivity contribution >= 4 is 11.6 Å². The number of nitrogens with one attached hydrogen (secondary N) is 1. The first-order chi connectivity index (χ1) is 12.3. The summed E-state index contributed by atoms with van der Waals surface area (Å²) in [6, 6.07) is 15.8. The number of anilines is 1. The molecule has 2 heterocycles. The molecular formula is C19H18N4O2. The van der Waals surface area contributed by atoms with Crippen molar-refractivity contribution in [3.63, 3.8) is 0 Å². The molecule has 0 aliphatic carbocycles. The van der Waals surface area contributed by atoms with E-state index >= 15 is 0 Å². The number of fused-ring (bicyclic) bond motifs is 1. The van der Waals surface area contributed by atoms with Crippen LogP contribution in [-0.2, 0) is 0 Å². The zero-order valence-corrected chi connectivity index (χ0v) is 14.0. The molecule has 0 radical (unpaired) electrons. The van der Waals surface area contributed by atoms with Crippen molar-refractivity contribution < 1.29 is 9.47 Å². The molecule has 0 saturated carbocycles. The Hall–Kier alpha value is -3.28. The highest BCUT2D eigenvalue weighted by Crippen LogP contribution is 2.33. The monoisotopic (exact) mass is 334 g/mol. The molecule has 3 aromatic rings. The lowest BCUT2D eigenvalue weighted by Crippen LogP contribution is -2.20. The van der Waals surface area contributed by atoms with E-state index in [1.165, 1.54) is 0 Å². The van der Waals surface area contributed by atoms with Gasteiger partial charge in [-0.2, -0.15) is 10.1 Å². The Morgan fingerprint density at radius 3 is 2.56 bits per heavy atom. The standard InChI is InChI=1S/C19H18N4O2/c1-24-15-7-3-5-13(9-15)17-11-18(23-19(22-17)20-12-21-23)14-6-4-8-16(10-14)25-2/h3-12,18H,1-2H3,(H,20,21,22)/t18-/m1/s1. The highest BCUT2D eigenvalue weighted by molar-refractivity contribution is 5.77. The Morgan fingerprint density at radius 2 is 1.76 bits per heavy atom.